The van der Waals surface area contributed by atoms with E-state index in [1.807, 2.05) is 0 Å². The first kappa shape index (κ1) is 18.0. The van der Waals surface area contributed by atoms with Crippen LogP contribution in [0.15, 0.2) is 47.3 Å². The van der Waals surface area contributed by atoms with Crippen LogP contribution in [0.25, 0.3) is 10.9 Å². The predicted molar refractivity (Wildman–Crippen MR) is 97.7 cm³/mol. The van der Waals surface area contributed by atoms with Crippen molar-refractivity contribution in [1.82, 2.24) is 15.0 Å². The lowest BCUT2D eigenvalue weighted by atomic mass is 10.0. The molecule has 1 heterocycles. The maximum absolute atomic E-state index is 13.3. The second-order valence-corrected chi connectivity index (χ2v) is 6.57. The van der Waals surface area contributed by atoms with Crippen molar-refractivity contribution in [3.8, 4) is 0 Å². The second-order valence-electron chi connectivity index (χ2n) is 6.16. The van der Waals surface area contributed by atoms with Gasteiger partial charge in [0.2, 0.25) is 5.91 Å². The molecule has 3 aromatic rings. The Morgan fingerprint density at radius 3 is 2.65 bits per heavy atom. The number of hydrogen-bond acceptors (Lipinski definition) is 4. The van der Waals surface area contributed by atoms with Gasteiger partial charge in [-0.15, -0.1) is 5.10 Å². The van der Waals surface area contributed by atoms with Gasteiger partial charge in [0.1, 0.15) is 17.4 Å². The number of anilines is 1. The largest absolute Gasteiger partial charge is 0.324 e. The van der Waals surface area contributed by atoms with Crippen molar-refractivity contribution >= 4 is 34.1 Å². The first-order valence-electron chi connectivity index (χ1n) is 7.98. The van der Waals surface area contributed by atoms with E-state index in [2.05, 4.69) is 15.6 Å². The summed E-state index contributed by atoms with van der Waals surface area (Å²) in [6, 6.07) is 9.77. The molecule has 0 bridgehead atoms. The van der Waals surface area contributed by atoms with Crippen molar-refractivity contribution in [2.45, 2.75) is 19.9 Å². The monoisotopic (exact) mass is 374 g/mol. The van der Waals surface area contributed by atoms with Gasteiger partial charge in [0.05, 0.1) is 10.4 Å². The standard InChI is InChI=1S/C18H16ClFN4O2/c1-10(2)16(17(25)21-11-7-8-14(20)13(19)9-11)24-18(26)12-5-3-4-6-15(12)22-23-24/h3-10,16H,1-2H3,(H,21,25)/t16-/m0/s1. The molecule has 0 fully saturated rings. The molecule has 0 saturated carbocycles. The fraction of sp³-hybridized carbons (Fsp3) is 0.222. The summed E-state index contributed by atoms with van der Waals surface area (Å²) in [5, 5.41) is 10.9. The van der Waals surface area contributed by atoms with Gasteiger partial charge >= 0.3 is 0 Å². The zero-order valence-electron chi connectivity index (χ0n) is 14.1. The van der Waals surface area contributed by atoms with Crippen molar-refractivity contribution in [3.05, 3.63) is 63.7 Å². The van der Waals surface area contributed by atoms with Gasteiger partial charge in [-0.25, -0.2) is 4.39 Å². The second kappa shape index (κ2) is 7.21. The van der Waals surface area contributed by atoms with E-state index < -0.39 is 23.3 Å². The quantitative estimate of drug-likeness (QED) is 0.759. The van der Waals surface area contributed by atoms with Gasteiger partial charge < -0.3 is 5.32 Å². The number of nitrogens with zero attached hydrogens (tertiary/aromatic N) is 3. The highest BCUT2D eigenvalue weighted by atomic mass is 35.5. The van der Waals surface area contributed by atoms with Gasteiger partial charge in [0.15, 0.2) is 0 Å². The smallest absolute Gasteiger partial charge is 0.278 e. The molecule has 0 aliphatic carbocycles. The van der Waals surface area contributed by atoms with Crippen molar-refractivity contribution in [3.63, 3.8) is 0 Å². The van der Waals surface area contributed by atoms with Gasteiger partial charge in [0.25, 0.3) is 5.56 Å². The fourth-order valence-electron chi connectivity index (χ4n) is 2.67. The van der Waals surface area contributed by atoms with Crippen molar-refractivity contribution in [1.29, 1.82) is 0 Å². The summed E-state index contributed by atoms with van der Waals surface area (Å²) >= 11 is 5.74. The zero-order chi connectivity index (χ0) is 18.8. The number of aromatic nitrogens is 3. The van der Waals surface area contributed by atoms with Crippen LogP contribution in [-0.2, 0) is 4.79 Å². The van der Waals surface area contributed by atoms with E-state index >= 15 is 0 Å². The number of carbonyl (C=O) groups excluding carboxylic acids is 1. The third kappa shape index (κ3) is 3.43. The Hall–Kier alpha value is -2.80. The molecular weight excluding hydrogens is 359 g/mol. The molecule has 1 N–H and O–H groups in total. The molecule has 0 aliphatic heterocycles. The molecule has 0 saturated heterocycles. The summed E-state index contributed by atoms with van der Waals surface area (Å²) < 4.78 is 14.4. The van der Waals surface area contributed by atoms with E-state index in [0.717, 1.165) is 10.7 Å². The number of nitrogens with one attached hydrogen (secondary N) is 1. The zero-order valence-corrected chi connectivity index (χ0v) is 14.9. The van der Waals surface area contributed by atoms with Gasteiger partial charge in [-0.1, -0.05) is 42.8 Å². The van der Waals surface area contributed by atoms with Crippen LogP contribution in [0.5, 0.6) is 0 Å². The topological polar surface area (TPSA) is 76.9 Å². The van der Waals surface area contributed by atoms with Gasteiger partial charge in [-0.05, 0) is 36.2 Å². The third-order valence-electron chi connectivity index (χ3n) is 3.94. The normalized spacial score (nSPS) is 12.3. The maximum Gasteiger partial charge on any atom is 0.278 e. The van der Waals surface area contributed by atoms with E-state index in [-0.39, 0.29) is 10.9 Å². The molecule has 6 nitrogen and oxygen atoms in total. The van der Waals surface area contributed by atoms with Crippen LogP contribution < -0.4 is 10.9 Å². The summed E-state index contributed by atoms with van der Waals surface area (Å²) in [7, 11) is 0. The Balaban J connectivity index is 1.99. The molecule has 0 radical (unpaired) electrons. The van der Waals surface area contributed by atoms with E-state index in [0.29, 0.717) is 16.6 Å². The first-order chi connectivity index (χ1) is 12.4. The lowest BCUT2D eigenvalue weighted by Crippen LogP contribution is -2.38. The Bertz CT molecular complexity index is 1040. The molecule has 2 aromatic carbocycles. The van der Waals surface area contributed by atoms with Crippen LogP contribution in [0.2, 0.25) is 5.02 Å². The molecule has 1 amide bonds. The lowest BCUT2D eigenvalue weighted by Gasteiger charge is -2.21. The Morgan fingerprint density at radius 2 is 1.96 bits per heavy atom. The number of rotatable bonds is 4. The SMILES string of the molecule is CC(C)[C@@H](C(=O)Nc1ccc(F)c(Cl)c1)n1nnc2ccccc2c1=O. The molecule has 0 unspecified atom stereocenters. The van der Waals surface area contributed by atoms with E-state index in [1.54, 1.807) is 38.1 Å². The minimum atomic E-state index is -0.886. The van der Waals surface area contributed by atoms with Crippen LogP contribution in [0.1, 0.15) is 19.9 Å². The minimum absolute atomic E-state index is 0.105. The van der Waals surface area contributed by atoms with E-state index in [4.69, 9.17) is 11.6 Å². The lowest BCUT2D eigenvalue weighted by molar-refractivity contribution is -0.120. The molecule has 0 aliphatic rings. The average Bonchev–Trinajstić information content (AvgIpc) is 2.60. The maximum atomic E-state index is 13.3. The summed E-state index contributed by atoms with van der Waals surface area (Å²) in [4.78, 5) is 25.5. The van der Waals surface area contributed by atoms with Gasteiger partial charge in [-0.3, -0.25) is 9.59 Å². The number of fused-ring (bicyclic) bond motifs is 1. The van der Waals surface area contributed by atoms with Gasteiger partial charge in [-0.2, -0.15) is 4.68 Å². The number of carbonyl (C=O) groups is 1. The van der Waals surface area contributed by atoms with Crippen molar-refractivity contribution in [2.24, 2.45) is 5.92 Å². The molecule has 26 heavy (non-hydrogen) atoms. The highest BCUT2D eigenvalue weighted by Crippen LogP contribution is 2.22. The van der Waals surface area contributed by atoms with Crippen molar-refractivity contribution < 1.29 is 9.18 Å². The van der Waals surface area contributed by atoms with Crippen molar-refractivity contribution in [2.75, 3.05) is 5.32 Å². The van der Waals surface area contributed by atoms with Crippen LogP contribution in [0.3, 0.4) is 0 Å². The van der Waals surface area contributed by atoms with Crippen LogP contribution >= 0.6 is 11.6 Å². The molecule has 3 rings (SSSR count). The molecule has 0 spiro atoms. The highest BCUT2D eigenvalue weighted by molar-refractivity contribution is 6.31. The fourth-order valence-corrected chi connectivity index (χ4v) is 2.85. The number of hydrogen-bond donors (Lipinski definition) is 1. The number of amides is 1. The molecule has 1 atom stereocenters. The molecule has 1 aromatic heterocycles. The first-order valence-corrected chi connectivity index (χ1v) is 8.36. The van der Waals surface area contributed by atoms with Crippen LogP contribution in [-0.4, -0.2) is 20.9 Å². The number of benzene rings is 2. The van der Waals surface area contributed by atoms with Crippen LogP contribution in [0, 0.1) is 11.7 Å². The molecule has 134 valence electrons. The Labute approximate surface area is 153 Å². The summed E-state index contributed by atoms with van der Waals surface area (Å²) in [6.07, 6.45) is 0. The minimum Gasteiger partial charge on any atom is -0.324 e. The summed E-state index contributed by atoms with van der Waals surface area (Å²) in [5.41, 5.74) is 0.386. The third-order valence-corrected chi connectivity index (χ3v) is 4.23. The summed E-state index contributed by atoms with van der Waals surface area (Å²) in [5.74, 6) is -1.28. The average molecular weight is 375 g/mol. The predicted octanol–water partition coefficient (Wildman–Crippen LogP) is 3.42. The Morgan fingerprint density at radius 1 is 1.23 bits per heavy atom. The Kier molecular flexibility index (Phi) is 4.99. The van der Waals surface area contributed by atoms with E-state index in [9.17, 15) is 14.0 Å². The molecule has 8 heteroatoms. The highest BCUT2D eigenvalue weighted by Gasteiger charge is 2.27. The van der Waals surface area contributed by atoms with E-state index in [1.165, 1.54) is 12.1 Å². The summed E-state index contributed by atoms with van der Waals surface area (Å²) in [6.45, 7) is 3.59. The van der Waals surface area contributed by atoms with Gasteiger partial charge in [0, 0.05) is 5.69 Å². The molecular formula is C18H16ClFN4O2. The number of halogens is 2. The van der Waals surface area contributed by atoms with Crippen LogP contribution in [0.4, 0.5) is 10.1 Å².